The average Bonchev–Trinajstić information content (AvgIpc) is 2.49. The summed E-state index contributed by atoms with van der Waals surface area (Å²) < 4.78 is 52.2. The van der Waals surface area contributed by atoms with Crippen molar-refractivity contribution in [1.29, 1.82) is 0 Å². The van der Waals surface area contributed by atoms with Gasteiger partial charge < -0.3 is 5.21 Å². The monoisotopic (exact) mass is 372 g/mol. The SMILES string of the molecule is C/C(=N\O)c1ccc(NS(C)(=O)=O)c(Sc2ccc(F)cc2F)c1. The molecule has 0 aliphatic heterocycles. The third-order valence-electron chi connectivity index (χ3n) is 2.96. The number of anilines is 1. The van der Waals surface area contributed by atoms with Crippen LogP contribution in [0.25, 0.3) is 0 Å². The summed E-state index contributed by atoms with van der Waals surface area (Å²) in [5, 5.41) is 12.0. The summed E-state index contributed by atoms with van der Waals surface area (Å²) in [7, 11) is -3.54. The van der Waals surface area contributed by atoms with Gasteiger partial charge in [0, 0.05) is 21.4 Å². The van der Waals surface area contributed by atoms with Gasteiger partial charge >= 0.3 is 0 Å². The quantitative estimate of drug-likeness (QED) is 0.477. The van der Waals surface area contributed by atoms with E-state index in [1.165, 1.54) is 12.1 Å². The van der Waals surface area contributed by atoms with E-state index in [4.69, 9.17) is 5.21 Å². The van der Waals surface area contributed by atoms with Crippen LogP contribution in [0.2, 0.25) is 0 Å². The zero-order valence-corrected chi connectivity index (χ0v) is 14.4. The summed E-state index contributed by atoms with van der Waals surface area (Å²) in [6.45, 7) is 1.56. The molecule has 0 saturated carbocycles. The molecule has 2 rings (SSSR count). The fraction of sp³-hybridized carbons (Fsp3) is 0.133. The number of rotatable bonds is 5. The van der Waals surface area contributed by atoms with E-state index in [1.807, 2.05) is 0 Å². The van der Waals surface area contributed by atoms with Crippen LogP contribution in [-0.4, -0.2) is 25.6 Å². The number of oxime groups is 1. The van der Waals surface area contributed by atoms with E-state index in [2.05, 4.69) is 9.88 Å². The first-order valence-corrected chi connectivity index (χ1v) is 9.34. The van der Waals surface area contributed by atoms with Crippen LogP contribution in [0.4, 0.5) is 14.5 Å². The smallest absolute Gasteiger partial charge is 0.229 e. The van der Waals surface area contributed by atoms with Crippen LogP contribution in [0.3, 0.4) is 0 Å². The molecule has 0 spiro atoms. The summed E-state index contributed by atoms with van der Waals surface area (Å²) in [4.78, 5) is 0.509. The molecule has 0 aliphatic rings. The molecular weight excluding hydrogens is 358 g/mol. The molecule has 0 radical (unpaired) electrons. The Balaban J connectivity index is 2.50. The Morgan fingerprint density at radius 1 is 1.17 bits per heavy atom. The van der Waals surface area contributed by atoms with Crippen molar-refractivity contribution in [2.75, 3.05) is 11.0 Å². The number of halogens is 2. The Kier molecular flexibility index (Phi) is 5.45. The van der Waals surface area contributed by atoms with Gasteiger partial charge in [0.15, 0.2) is 0 Å². The van der Waals surface area contributed by atoms with E-state index >= 15 is 0 Å². The molecule has 0 heterocycles. The predicted octanol–water partition coefficient (Wildman–Crippen LogP) is 3.69. The van der Waals surface area contributed by atoms with Gasteiger partial charge in [-0.3, -0.25) is 4.72 Å². The van der Waals surface area contributed by atoms with Crippen molar-refractivity contribution >= 4 is 33.2 Å². The highest BCUT2D eigenvalue weighted by molar-refractivity contribution is 7.99. The number of nitrogens with one attached hydrogen (secondary N) is 1. The van der Waals surface area contributed by atoms with Crippen LogP contribution >= 0.6 is 11.8 Å². The lowest BCUT2D eigenvalue weighted by molar-refractivity contribution is 0.319. The molecule has 0 aromatic heterocycles. The number of benzene rings is 2. The minimum absolute atomic E-state index is 0.128. The zero-order valence-electron chi connectivity index (χ0n) is 12.7. The van der Waals surface area contributed by atoms with E-state index in [0.29, 0.717) is 16.2 Å². The van der Waals surface area contributed by atoms with Crippen molar-refractivity contribution in [2.45, 2.75) is 16.7 Å². The lowest BCUT2D eigenvalue weighted by atomic mass is 10.1. The Morgan fingerprint density at radius 3 is 2.46 bits per heavy atom. The molecule has 2 aromatic carbocycles. The third kappa shape index (κ3) is 4.68. The molecule has 0 unspecified atom stereocenters. The van der Waals surface area contributed by atoms with Crippen LogP contribution in [0.1, 0.15) is 12.5 Å². The van der Waals surface area contributed by atoms with Crippen molar-refractivity contribution in [1.82, 2.24) is 0 Å². The predicted molar refractivity (Wildman–Crippen MR) is 89.4 cm³/mol. The zero-order chi connectivity index (χ0) is 17.9. The normalized spacial score (nSPS) is 12.2. The van der Waals surface area contributed by atoms with Crippen LogP contribution in [0.15, 0.2) is 51.3 Å². The summed E-state index contributed by atoms with van der Waals surface area (Å²) in [6, 6.07) is 7.72. The number of hydrogen-bond acceptors (Lipinski definition) is 5. The second-order valence-corrected chi connectivity index (χ2v) is 7.78. The maximum Gasteiger partial charge on any atom is 0.229 e. The second-order valence-electron chi connectivity index (χ2n) is 4.95. The van der Waals surface area contributed by atoms with Crippen LogP contribution < -0.4 is 4.72 Å². The van der Waals surface area contributed by atoms with Gasteiger partial charge in [0.25, 0.3) is 0 Å². The maximum atomic E-state index is 13.9. The number of hydrogen-bond donors (Lipinski definition) is 2. The van der Waals surface area contributed by atoms with Gasteiger partial charge in [0.1, 0.15) is 11.6 Å². The molecule has 24 heavy (non-hydrogen) atoms. The Hall–Kier alpha value is -2.13. The lowest BCUT2D eigenvalue weighted by Gasteiger charge is -2.12. The van der Waals surface area contributed by atoms with Crippen molar-refractivity contribution in [3.05, 3.63) is 53.6 Å². The highest BCUT2D eigenvalue weighted by Gasteiger charge is 2.14. The standard InChI is InChI=1S/C15H14F2N2O3S2/c1-9(18-20)10-3-5-13(19-24(2,21)22)15(7-10)23-14-6-4-11(16)8-12(14)17/h3-8,19-20H,1-2H3/b18-9+. The van der Waals surface area contributed by atoms with Crippen LogP contribution in [0.5, 0.6) is 0 Å². The summed E-state index contributed by atoms with van der Waals surface area (Å²) in [6.07, 6.45) is 0.994. The van der Waals surface area contributed by atoms with Gasteiger partial charge in [-0.1, -0.05) is 23.0 Å². The Bertz CT molecular complexity index is 900. The number of sulfonamides is 1. The van der Waals surface area contributed by atoms with Gasteiger partial charge in [0.05, 0.1) is 17.7 Å². The Labute approximate surface area is 142 Å². The minimum atomic E-state index is -3.54. The lowest BCUT2D eigenvalue weighted by Crippen LogP contribution is -2.10. The molecule has 0 aliphatic carbocycles. The van der Waals surface area contributed by atoms with Crippen molar-refractivity contribution in [3.8, 4) is 0 Å². The maximum absolute atomic E-state index is 13.9. The molecule has 128 valence electrons. The summed E-state index contributed by atoms with van der Waals surface area (Å²) >= 11 is 0.927. The van der Waals surface area contributed by atoms with Gasteiger partial charge in [0.2, 0.25) is 10.0 Å². The van der Waals surface area contributed by atoms with Gasteiger partial charge in [-0.2, -0.15) is 0 Å². The first-order valence-electron chi connectivity index (χ1n) is 6.63. The van der Waals surface area contributed by atoms with Crippen LogP contribution in [-0.2, 0) is 10.0 Å². The van der Waals surface area contributed by atoms with Gasteiger partial charge in [-0.25, -0.2) is 17.2 Å². The Morgan fingerprint density at radius 2 is 1.88 bits per heavy atom. The molecular formula is C15H14F2N2O3S2. The molecule has 0 bridgehead atoms. The topological polar surface area (TPSA) is 78.8 Å². The first kappa shape index (κ1) is 18.2. The average molecular weight is 372 g/mol. The van der Waals surface area contributed by atoms with E-state index in [1.54, 1.807) is 19.1 Å². The molecule has 9 heteroatoms. The second kappa shape index (κ2) is 7.18. The highest BCUT2D eigenvalue weighted by Crippen LogP contribution is 2.36. The van der Waals surface area contributed by atoms with Crippen molar-refractivity contribution < 1.29 is 22.4 Å². The molecule has 2 N–H and O–H groups in total. The van der Waals surface area contributed by atoms with Gasteiger partial charge in [-0.05, 0) is 31.2 Å². The van der Waals surface area contributed by atoms with E-state index in [9.17, 15) is 17.2 Å². The molecule has 5 nitrogen and oxygen atoms in total. The van der Waals surface area contributed by atoms with E-state index in [0.717, 1.165) is 30.2 Å². The molecule has 0 amide bonds. The number of nitrogens with zero attached hydrogens (tertiary/aromatic N) is 1. The van der Waals surface area contributed by atoms with Crippen LogP contribution in [0, 0.1) is 11.6 Å². The van der Waals surface area contributed by atoms with E-state index < -0.39 is 21.7 Å². The molecule has 0 saturated heterocycles. The van der Waals surface area contributed by atoms with Crippen molar-refractivity contribution in [3.63, 3.8) is 0 Å². The summed E-state index contributed by atoms with van der Waals surface area (Å²) in [5.74, 6) is -1.47. The fourth-order valence-corrected chi connectivity index (χ4v) is 3.44. The molecule has 0 atom stereocenters. The fourth-order valence-electron chi connectivity index (χ4n) is 1.85. The summed E-state index contributed by atoms with van der Waals surface area (Å²) in [5.41, 5.74) is 1.07. The minimum Gasteiger partial charge on any atom is -0.411 e. The van der Waals surface area contributed by atoms with Crippen molar-refractivity contribution in [2.24, 2.45) is 5.16 Å². The van der Waals surface area contributed by atoms with Gasteiger partial charge in [-0.15, -0.1) is 0 Å². The van der Waals surface area contributed by atoms with E-state index in [-0.39, 0.29) is 10.6 Å². The first-order chi connectivity index (χ1) is 11.2. The largest absolute Gasteiger partial charge is 0.411 e. The molecule has 2 aromatic rings. The highest BCUT2D eigenvalue weighted by atomic mass is 32.2. The third-order valence-corrected chi connectivity index (χ3v) is 4.66. The molecule has 0 fully saturated rings.